The summed E-state index contributed by atoms with van der Waals surface area (Å²) in [6.07, 6.45) is 0. The number of carbonyl (C=O) groups is 1. The maximum atomic E-state index is 13.6. The minimum absolute atomic E-state index is 0.0834. The predicted molar refractivity (Wildman–Crippen MR) is 89.5 cm³/mol. The number of hydrogen-bond donors (Lipinski definition) is 1. The lowest BCUT2D eigenvalue weighted by Crippen LogP contribution is -2.29. The first kappa shape index (κ1) is 15.9. The number of halogens is 1. The molecule has 0 saturated carbocycles. The lowest BCUT2D eigenvalue weighted by molar-refractivity contribution is -0.116. The van der Waals surface area contributed by atoms with Gasteiger partial charge < -0.3 is 5.32 Å². The Hall–Kier alpha value is -2.96. The molecule has 6 nitrogen and oxygen atoms in total. The molecule has 0 aliphatic rings. The molecule has 1 N–H and O–H groups in total. The summed E-state index contributed by atoms with van der Waals surface area (Å²) in [5, 5.41) is 7.65. The summed E-state index contributed by atoms with van der Waals surface area (Å²) >= 11 is 0. The summed E-state index contributed by atoms with van der Waals surface area (Å²) in [7, 11) is 1.72. The first-order valence-electron chi connectivity index (χ1n) is 7.46. The van der Waals surface area contributed by atoms with Gasteiger partial charge in [-0.15, -0.1) is 0 Å². The van der Waals surface area contributed by atoms with Gasteiger partial charge in [-0.25, -0.2) is 4.39 Å². The first-order chi connectivity index (χ1) is 11.4. The molecule has 124 valence electrons. The molecular weight excluding hydrogens is 311 g/mol. The smallest absolute Gasteiger partial charge is 0.252 e. The second kappa shape index (κ2) is 5.92. The summed E-state index contributed by atoms with van der Waals surface area (Å²) in [5.41, 5.74) is 1.95. The normalized spacial score (nSPS) is 11.0. The number of nitrogens with one attached hydrogen (secondary N) is 1. The fraction of sp³-hybridized carbons (Fsp3) is 0.235. The molecule has 0 fully saturated rings. The van der Waals surface area contributed by atoms with Crippen LogP contribution in [0.2, 0.25) is 0 Å². The predicted octanol–water partition coefficient (Wildman–Crippen LogP) is 2.13. The quantitative estimate of drug-likeness (QED) is 0.801. The third-order valence-electron chi connectivity index (χ3n) is 3.90. The lowest BCUT2D eigenvalue weighted by Gasteiger charge is -2.11. The van der Waals surface area contributed by atoms with Gasteiger partial charge in [0.1, 0.15) is 18.0 Å². The average Bonchev–Trinajstić information content (AvgIpc) is 2.81. The summed E-state index contributed by atoms with van der Waals surface area (Å²) in [6.45, 7) is 3.47. The number of amides is 1. The zero-order valence-electron chi connectivity index (χ0n) is 13.6. The van der Waals surface area contributed by atoms with Crippen LogP contribution in [0.3, 0.4) is 0 Å². The lowest BCUT2D eigenvalue weighted by atomic mass is 10.1. The van der Waals surface area contributed by atoms with Crippen LogP contribution in [-0.4, -0.2) is 20.3 Å². The maximum Gasteiger partial charge on any atom is 0.252 e. The van der Waals surface area contributed by atoms with E-state index >= 15 is 0 Å². The molecule has 0 unspecified atom stereocenters. The minimum atomic E-state index is -0.524. The van der Waals surface area contributed by atoms with E-state index in [0.717, 1.165) is 16.6 Å². The molecule has 0 radical (unpaired) electrons. The van der Waals surface area contributed by atoms with E-state index in [1.54, 1.807) is 17.8 Å². The van der Waals surface area contributed by atoms with Gasteiger partial charge in [0.2, 0.25) is 5.91 Å². The molecule has 0 saturated heterocycles. The summed E-state index contributed by atoms with van der Waals surface area (Å²) < 4.78 is 16.6. The number of nitrogens with zero attached hydrogens (tertiary/aromatic N) is 3. The van der Waals surface area contributed by atoms with Crippen molar-refractivity contribution in [1.29, 1.82) is 0 Å². The van der Waals surface area contributed by atoms with E-state index in [1.807, 2.05) is 13.8 Å². The number of aromatic nitrogens is 3. The number of hydrogen-bond acceptors (Lipinski definition) is 3. The molecule has 3 aromatic rings. The van der Waals surface area contributed by atoms with E-state index in [2.05, 4.69) is 10.4 Å². The van der Waals surface area contributed by atoms with Crippen molar-refractivity contribution < 1.29 is 9.18 Å². The van der Waals surface area contributed by atoms with Crippen molar-refractivity contribution in [2.45, 2.75) is 20.4 Å². The number of anilines is 1. The summed E-state index contributed by atoms with van der Waals surface area (Å²) in [4.78, 5) is 24.6. The fourth-order valence-corrected chi connectivity index (χ4v) is 2.91. The largest absolute Gasteiger partial charge is 0.322 e. The van der Waals surface area contributed by atoms with E-state index in [-0.39, 0.29) is 17.8 Å². The molecule has 0 spiro atoms. The van der Waals surface area contributed by atoms with Gasteiger partial charge in [0.05, 0.1) is 11.4 Å². The number of aryl methyl sites for hydroxylation is 3. The number of rotatable bonds is 3. The first-order valence-corrected chi connectivity index (χ1v) is 7.46. The van der Waals surface area contributed by atoms with Crippen molar-refractivity contribution in [3.05, 3.63) is 57.8 Å². The molecular formula is C17H17FN4O2. The van der Waals surface area contributed by atoms with Crippen LogP contribution < -0.4 is 10.9 Å². The van der Waals surface area contributed by atoms with Gasteiger partial charge in [-0.3, -0.25) is 18.8 Å². The molecule has 0 bridgehead atoms. The third-order valence-corrected chi connectivity index (χ3v) is 3.90. The monoisotopic (exact) mass is 328 g/mol. The highest BCUT2D eigenvalue weighted by Crippen LogP contribution is 2.20. The van der Waals surface area contributed by atoms with Crippen molar-refractivity contribution in [3.8, 4) is 0 Å². The molecule has 0 aliphatic carbocycles. The van der Waals surface area contributed by atoms with Gasteiger partial charge in [0, 0.05) is 18.5 Å². The van der Waals surface area contributed by atoms with E-state index in [0.29, 0.717) is 5.65 Å². The SMILES string of the molecule is Cc1cc(=O)n(CC(=O)Nc2ccccc2F)c2c1c(C)nn2C. The van der Waals surface area contributed by atoms with Gasteiger partial charge >= 0.3 is 0 Å². The van der Waals surface area contributed by atoms with Gasteiger partial charge in [-0.2, -0.15) is 5.10 Å². The van der Waals surface area contributed by atoms with E-state index in [9.17, 15) is 14.0 Å². The number of carbonyl (C=O) groups excluding carboxylic acids is 1. The van der Waals surface area contributed by atoms with E-state index < -0.39 is 11.7 Å². The summed E-state index contributed by atoms with van der Waals surface area (Å²) in [5.74, 6) is -1.00. The minimum Gasteiger partial charge on any atom is -0.322 e. The Kier molecular flexibility index (Phi) is 3.92. The molecule has 24 heavy (non-hydrogen) atoms. The molecule has 7 heteroatoms. The zero-order chi connectivity index (χ0) is 17.4. The number of para-hydroxylation sites is 1. The molecule has 0 aliphatic heterocycles. The molecule has 2 aromatic heterocycles. The molecule has 2 heterocycles. The van der Waals surface area contributed by atoms with E-state index in [4.69, 9.17) is 0 Å². The van der Waals surface area contributed by atoms with Crippen molar-refractivity contribution in [2.75, 3.05) is 5.32 Å². The van der Waals surface area contributed by atoms with Gasteiger partial charge in [-0.05, 0) is 31.5 Å². The van der Waals surface area contributed by atoms with Crippen molar-refractivity contribution >= 4 is 22.6 Å². The van der Waals surface area contributed by atoms with Crippen LogP contribution in [0.1, 0.15) is 11.3 Å². The van der Waals surface area contributed by atoms with E-state index in [1.165, 1.54) is 28.8 Å². The fourth-order valence-electron chi connectivity index (χ4n) is 2.91. The third kappa shape index (κ3) is 2.68. The highest BCUT2D eigenvalue weighted by atomic mass is 19.1. The summed E-state index contributed by atoms with van der Waals surface area (Å²) in [6, 6.07) is 7.37. The topological polar surface area (TPSA) is 68.9 Å². The zero-order valence-corrected chi connectivity index (χ0v) is 13.6. The van der Waals surface area contributed by atoms with Crippen LogP contribution in [0.5, 0.6) is 0 Å². The Labute approximate surface area is 137 Å². The number of benzene rings is 1. The van der Waals surface area contributed by atoms with Gasteiger partial charge in [0.25, 0.3) is 5.56 Å². The Morgan fingerprint density at radius 2 is 2.00 bits per heavy atom. The molecule has 3 rings (SSSR count). The second-order valence-electron chi connectivity index (χ2n) is 5.69. The maximum absolute atomic E-state index is 13.6. The van der Waals surface area contributed by atoms with Crippen LogP contribution in [0.4, 0.5) is 10.1 Å². The van der Waals surface area contributed by atoms with Crippen LogP contribution in [0.15, 0.2) is 35.1 Å². The second-order valence-corrected chi connectivity index (χ2v) is 5.69. The Morgan fingerprint density at radius 3 is 2.71 bits per heavy atom. The van der Waals surface area contributed by atoms with Gasteiger partial charge in [-0.1, -0.05) is 12.1 Å². The van der Waals surface area contributed by atoms with Crippen molar-refractivity contribution in [1.82, 2.24) is 14.3 Å². The highest BCUT2D eigenvalue weighted by Gasteiger charge is 2.16. The van der Waals surface area contributed by atoms with Crippen molar-refractivity contribution in [3.63, 3.8) is 0 Å². The van der Waals surface area contributed by atoms with Crippen LogP contribution in [0, 0.1) is 19.7 Å². The molecule has 1 amide bonds. The van der Waals surface area contributed by atoms with Crippen LogP contribution in [0.25, 0.3) is 11.0 Å². The van der Waals surface area contributed by atoms with Crippen LogP contribution >= 0.6 is 0 Å². The average molecular weight is 328 g/mol. The number of fused-ring (bicyclic) bond motifs is 1. The van der Waals surface area contributed by atoms with Gasteiger partial charge in [0.15, 0.2) is 0 Å². The Balaban J connectivity index is 2.00. The number of pyridine rings is 1. The Morgan fingerprint density at radius 1 is 1.29 bits per heavy atom. The highest BCUT2D eigenvalue weighted by molar-refractivity contribution is 5.92. The Bertz CT molecular complexity index is 1000. The molecule has 0 atom stereocenters. The molecule has 1 aromatic carbocycles. The van der Waals surface area contributed by atoms with Crippen LogP contribution in [-0.2, 0) is 18.4 Å². The standard InChI is InChI=1S/C17H17FN4O2/c1-10-8-15(24)22(17-16(10)11(2)20-21(17)3)9-14(23)19-13-7-5-4-6-12(13)18/h4-8H,9H2,1-3H3,(H,19,23). The van der Waals surface area contributed by atoms with Crippen molar-refractivity contribution in [2.24, 2.45) is 7.05 Å².